The smallest absolute Gasteiger partial charge is 0.306 e. The van der Waals surface area contributed by atoms with Crippen LogP contribution in [0.3, 0.4) is 0 Å². The van der Waals surface area contributed by atoms with Crippen molar-refractivity contribution in [3.63, 3.8) is 0 Å². The maximum Gasteiger partial charge on any atom is 0.306 e. The largest absolute Gasteiger partial charge is 0.481 e. The fourth-order valence-corrected chi connectivity index (χ4v) is 6.02. The van der Waals surface area contributed by atoms with Crippen molar-refractivity contribution in [2.24, 2.45) is 5.92 Å². The number of carbonyl (C=O) groups is 1. The van der Waals surface area contributed by atoms with Gasteiger partial charge in [-0.25, -0.2) is 0 Å². The molecule has 1 unspecified atom stereocenters. The SMILES string of the molecule is CCCCCCCCC=CCCCCCCCCCCC(CCCCCCCCC=CCCCCCCCC)C(=O)O. The van der Waals surface area contributed by atoms with E-state index in [0.29, 0.717) is 0 Å². The highest BCUT2D eigenvalue weighted by molar-refractivity contribution is 5.69. The Morgan fingerprint density at radius 1 is 0.405 bits per heavy atom. The van der Waals surface area contributed by atoms with E-state index >= 15 is 0 Å². The maximum atomic E-state index is 11.7. The van der Waals surface area contributed by atoms with Crippen LogP contribution in [0.1, 0.15) is 219 Å². The lowest BCUT2D eigenvalue weighted by atomic mass is 9.94. The summed E-state index contributed by atoms with van der Waals surface area (Å²) in [5, 5.41) is 9.63. The third-order valence-electron chi connectivity index (χ3n) is 8.98. The van der Waals surface area contributed by atoms with Crippen LogP contribution < -0.4 is 0 Å². The lowest BCUT2D eigenvalue weighted by Crippen LogP contribution is -2.13. The highest BCUT2D eigenvalue weighted by Gasteiger charge is 2.16. The summed E-state index contributed by atoms with van der Waals surface area (Å²) in [6, 6.07) is 0. The van der Waals surface area contributed by atoms with E-state index in [1.165, 1.54) is 180 Å². The minimum atomic E-state index is -0.566. The Bertz CT molecular complexity index is 578. The predicted octanol–water partition coefficient (Wildman–Crippen LogP) is 14.3. The van der Waals surface area contributed by atoms with E-state index in [4.69, 9.17) is 0 Å². The molecule has 0 amide bonds. The van der Waals surface area contributed by atoms with Crippen molar-refractivity contribution in [1.82, 2.24) is 0 Å². The Hall–Kier alpha value is -1.05. The topological polar surface area (TPSA) is 37.3 Å². The molecule has 0 saturated heterocycles. The van der Waals surface area contributed by atoms with Crippen LogP contribution in [0.4, 0.5) is 0 Å². The second kappa shape index (κ2) is 36.1. The fourth-order valence-electron chi connectivity index (χ4n) is 6.02. The summed E-state index contributed by atoms with van der Waals surface area (Å²) in [7, 11) is 0. The van der Waals surface area contributed by atoms with Crippen molar-refractivity contribution in [2.45, 2.75) is 219 Å². The van der Waals surface area contributed by atoms with Gasteiger partial charge in [-0.1, -0.05) is 179 Å². The Balaban J connectivity index is 3.45. The average Bonchev–Trinajstić information content (AvgIpc) is 2.99. The van der Waals surface area contributed by atoms with Gasteiger partial charge in [-0.2, -0.15) is 0 Å². The number of carboxylic acids is 1. The van der Waals surface area contributed by atoms with E-state index in [-0.39, 0.29) is 5.92 Å². The average molecular weight is 589 g/mol. The highest BCUT2D eigenvalue weighted by Crippen LogP contribution is 2.20. The first-order valence-electron chi connectivity index (χ1n) is 19.2. The normalized spacial score (nSPS) is 12.6. The zero-order valence-electron chi connectivity index (χ0n) is 28.9. The summed E-state index contributed by atoms with van der Waals surface area (Å²) >= 11 is 0. The highest BCUT2D eigenvalue weighted by atomic mass is 16.4. The fraction of sp³-hybridized carbons (Fsp3) is 0.875. The van der Waals surface area contributed by atoms with Gasteiger partial charge in [-0.05, 0) is 64.2 Å². The number of carboxylic acid groups (broad SMARTS) is 1. The van der Waals surface area contributed by atoms with Crippen LogP contribution in [-0.2, 0) is 4.79 Å². The van der Waals surface area contributed by atoms with Crippen molar-refractivity contribution >= 4 is 5.97 Å². The second-order valence-corrected chi connectivity index (χ2v) is 13.2. The lowest BCUT2D eigenvalue weighted by Gasteiger charge is -2.12. The van der Waals surface area contributed by atoms with Gasteiger partial charge in [-0.3, -0.25) is 4.79 Å². The molecule has 0 heterocycles. The predicted molar refractivity (Wildman–Crippen MR) is 188 cm³/mol. The van der Waals surface area contributed by atoms with Gasteiger partial charge < -0.3 is 5.11 Å². The van der Waals surface area contributed by atoms with Crippen LogP contribution in [-0.4, -0.2) is 11.1 Å². The van der Waals surface area contributed by atoms with E-state index in [1.807, 2.05) is 0 Å². The molecule has 0 saturated carbocycles. The lowest BCUT2D eigenvalue weighted by molar-refractivity contribution is -0.142. The molecule has 0 rings (SSSR count). The third-order valence-corrected chi connectivity index (χ3v) is 8.98. The quantitative estimate of drug-likeness (QED) is 0.0590. The molecule has 0 radical (unpaired) electrons. The van der Waals surface area contributed by atoms with E-state index in [2.05, 4.69) is 38.2 Å². The first-order chi connectivity index (χ1) is 20.7. The molecular weight excluding hydrogens is 512 g/mol. The number of allylic oxidation sites excluding steroid dienone is 4. The summed E-state index contributed by atoms with van der Waals surface area (Å²) < 4.78 is 0. The number of hydrogen-bond acceptors (Lipinski definition) is 1. The molecule has 1 N–H and O–H groups in total. The molecule has 0 aromatic heterocycles. The van der Waals surface area contributed by atoms with Crippen molar-refractivity contribution in [3.8, 4) is 0 Å². The van der Waals surface area contributed by atoms with E-state index in [0.717, 1.165) is 25.7 Å². The van der Waals surface area contributed by atoms with Crippen molar-refractivity contribution in [2.75, 3.05) is 0 Å². The molecule has 0 aliphatic rings. The Labute approximate surface area is 265 Å². The standard InChI is InChI=1S/C40H76O2/c1-3-5-7-9-11-13-15-17-19-21-22-24-26-28-30-32-34-36-38-39(40(41)42)37-35-33-31-29-27-25-23-20-18-16-14-12-10-8-6-4-2/h17-20,39H,3-16,21-38H2,1-2H3,(H,41,42). The summed E-state index contributed by atoms with van der Waals surface area (Å²) in [5.41, 5.74) is 0. The Morgan fingerprint density at radius 3 is 0.905 bits per heavy atom. The van der Waals surface area contributed by atoms with Crippen LogP contribution >= 0.6 is 0 Å². The number of hydrogen-bond donors (Lipinski definition) is 1. The summed E-state index contributed by atoms with van der Waals surface area (Å²) in [6.45, 7) is 4.56. The van der Waals surface area contributed by atoms with E-state index in [9.17, 15) is 9.90 Å². The Morgan fingerprint density at radius 2 is 0.643 bits per heavy atom. The van der Waals surface area contributed by atoms with Gasteiger partial charge in [0.1, 0.15) is 0 Å². The molecule has 42 heavy (non-hydrogen) atoms. The summed E-state index contributed by atoms with van der Waals surface area (Å²) in [6.07, 6.45) is 50.8. The zero-order chi connectivity index (χ0) is 30.6. The molecule has 1 atom stereocenters. The molecule has 0 aliphatic heterocycles. The molecule has 0 aliphatic carbocycles. The minimum absolute atomic E-state index is 0.115. The third kappa shape index (κ3) is 33.5. The van der Waals surface area contributed by atoms with Crippen LogP contribution in [0, 0.1) is 5.92 Å². The number of aliphatic carboxylic acids is 1. The van der Waals surface area contributed by atoms with Gasteiger partial charge in [0.05, 0.1) is 5.92 Å². The first-order valence-corrected chi connectivity index (χ1v) is 19.2. The molecular formula is C40H76O2. The second-order valence-electron chi connectivity index (χ2n) is 13.2. The molecule has 0 fully saturated rings. The summed E-state index contributed by atoms with van der Waals surface area (Å²) in [5.74, 6) is -0.681. The molecule has 0 bridgehead atoms. The van der Waals surface area contributed by atoms with Gasteiger partial charge in [-0.15, -0.1) is 0 Å². The van der Waals surface area contributed by atoms with Gasteiger partial charge in [0.15, 0.2) is 0 Å². The monoisotopic (exact) mass is 589 g/mol. The zero-order valence-corrected chi connectivity index (χ0v) is 28.9. The maximum absolute atomic E-state index is 11.7. The van der Waals surface area contributed by atoms with Crippen LogP contribution in [0.25, 0.3) is 0 Å². The molecule has 248 valence electrons. The number of unbranched alkanes of at least 4 members (excludes halogenated alkanes) is 26. The van der Waals surface area contributed by atoms with E-state index in [1.54, 1.807) is 0 Å². The van der Waals surface area contributed by atoms with E-state index < -0.39 is 5.97 Å². The molecule has 0 spiro atoms. The Kier molecular flexibility index (Phi) is 35.2. The van der Waals surface area contributed by atoms with Crippen LogP contribution in [0.15, 0.2) is 24.3 Å². The van der Waals surface area contributed by atoms with Gasteiger partial charge in [0.2, 0.25) is 0 Å². The van der Waals surface area contributed by atoms with Crippen molar-refractivity contribution in [1.29, 1.82) is 0 Å². The molecule has 2 nitrogen and oxygen atoms in total. The number of rotatable bonds is 35. The first kappa shape index (κ1) is 41.0. The molecule has 0 aromatic rings. The van der Waals surface area contributed by atoms with Gasteiger partial charge in [0, 0.05) is 0 Å². The summed E-state index contributed by atoms with van der Waals surface area (Å²) in [4.78, 5) is 11.7. The van der Waals surface area contributed by atoms with Gasteiger partial charge >= 0.3 is 5.97 Å². The van der Waals surface area contributed by atoms with Gasteiger partial charge in [0.25, 0.3) is 0 Å². The van der Waals surface area contributed by atoms with Crippen molar-refractivity contribution in [3.05, 3.63) is 24.3 Å². The minimum Gasteiger partial charge on any atom is -0.481 e. The van der Waals surface area contributed by atoms with Crippen LogP contribution in [0.5, 0.6) is 0 Å². The molecule has 0 aromatic carbocycles. The van der Waals surface area contributed by atoms with Crippen LogP contribution in [0.2, 0.25) is 0 Å². The molecule has 2 heteroatoms. The van der Waals surface area contributed by atoms with Crippen molar-refractivity contribution < 1.29 is 9.90 Å².